The summed E-state index contributed by atoms with van der Waals surface area (Å²) in [4.78, 5) is 10.5. The van der Waals surface area contributed by atoms with Crippen molar-refractivity contribution in [3.8, 4) is 0 Å². The van der Waals surface area contributed by atoms with Gasteiger partial charge < -0.3 is 10.6 Å². The highest BCUT2D eigenvalue weighted by molar-refractivity contribution is 9.10. The van der Waals surface area contributed by atoms with Crippen molar-refractivity contribution in [2.75, 3.05) is 17.7 Å². The van der Waals surface area contributed by atoms with E-state index in [4.69, 9.17) is 5.73 Å². The number of halogens is 1. The topological polar surface area (TPSA) is 55.0 Å². The fourth-order valence-corrected chi connectivity index (χ4v) is 2.32. The average Bonchev–Trinajstić information content (AvgIpc) is 2.37. The molecule has 2 N–H and O–H groups in total. The van der Waals surface area contributed by atoms with E-state index in [2.05, 4.69) is 30.8 Å². The van der Waals surface area contributed by atoms with E-state index in [1.807, 2.05) is 32.3 Å². The van der Waals surface area contributed by atoms with Crippen molar-refractivity contribution in [3.63, 3.8) is 0 Å². The summed E-state index contributed by atoms with van der Waals surface area (Å²) in [7, 11) is 2.00. The summed E-state index contributed by atoms with van der Waals surface area (Å²) in [6, 6.07) is 3.97. The lowest BCUT2D eigenvalue weighted by Gasteiger charge is -2.20. The van der Waals surface area contributed by atoms with Crippen LogP contribution in [0.1, 0.15) is 11.1 Å². The van der Waals surface area contributed by atoms with Crippen LogP contribution >= 0.6 is 15.9 Å². The fourth-order valence-electron chi connectivity index (χ4n) is 1.69. The Morgan fingerprint density at radius 1 is 1.39 bits per heavy atom. The second kappa shape index (κ2) is 5.35. The van der Waals surface area contributed by atoms with Crippen molar-refractivity contribution in [1.29, 1.82) is 0 Å². The van der Waals surface area contributed by atoms with Crippen LogP contribution < -0.4 is 10.6 Å². The van der Waals surface area contributed by atoms with E-state index in [1.165, 1.54) is 0 Å². The Bertz CT molecular complexity index is 542. The van der Waals surface area contributed by atoms with Crippen molar-refractivity contribution in [3.05, 3.63) is 46.3 Å². The predicted octanol–water partition coefficient (Wildman–Crippen LogP) is 2.77. The van der Waals surface area contributed by atoms with Gasteiger partial charge in [-0.05, 0) is 40.0 Å². The highest BCUT2D eigenvalue weighted by Gasteiger charge is 2.11. The highest BCUT2D eigenvalue weighted by Crippen LogP contribution is 2.30. The van der Waals surface area contributed by atoms with E-state index >= 15 is 0 Å². The lowest BCUT2D eigenvalue weighted by atomic mass is 10.2. The van der Waals surface area contributed by atoms with E-state index in [1.54, 1.807) is 12.4 Å². The van der Waals surface area contributed by atoms with Crippen LogP contribution in [0.25, 0.3) is 0 Å². The molecular weight excluding hydrogens is 292 g/mol. The third-order valence-corrected chi connectivity index (χ3v) is 3.74. The van der Waals surface area contributed by atoms with Crippen LogP contribution in [0.4, 0.5) is 11.5 Å². The van der Waals surface area contributed by atoms with Crippen LogP contribution in [0.15, 0.2) is 35.2 Å². The number of anilines is 2. The molecule has 0 saturated carbocycles. The van der Waals surface area contributed by atoms with Gasteiger partial charge >= 0.3 is 0 Å². The molecule has 18 heavy (non-hydrogen) atoms. The molecule has 0 aliphatic carbocycles. The molecule has 2 aromatic rings. The molecule has 0 aromatic carbocycles. The van der Waals surface area contributed by atoms with E-state index in [-0.39, 0.29) is 0 Å². The SMILES string of the molecule is Cc1c(N)cnc(N(C)Cc2cccnc2)c1Br. The van der Waals surface area contributed by atoms with Gasteiger partial charge in [-0.1, -0.05) is 6.07 Å². The van der Waals surface area contributed by atoms with E-state index in [0.717, 1.165) is 28.0 Å². The number of hydrogen-bond donors (Lipinski definition) is 1. The molecule has 0 radical (unpaired) electrons. The third kappa shape index (κ3) is 2.61. The predicted molar refractivity (Wildman–Crippen MR) is 77.4 cm³/mol. The Labute approximate surface area is 115 Å². The minimum atomic E-state index is 0.695. The summed E-state index contributed by atoms with van der Waals surface area (Å²) >= 11 is 3.55. The first kappa shape index (κ1) is 12.8. The average molecular weight is 307 g/mol. The molecule has 2 aromatic heterocycles. The lowest BCUT2D eigenvalue weighted by Crippen LogP contribution is -2.18. The Morgan fingerprint density at radius 3 is 2.83 bits per heavy atom. The Hall–Kier alpha value is -1.62. The van der Waals surface area contributed by atoms with Crippen molar-refractivity contribution in [2.45, 2.75) is 13.5 Å². The summed E-state index contributed by atoms with van der Waals surface area (Å²) in [5.74, 6) is 0.880. The van der Waals surface area contributed by atoms with Gasteiger partial charge in [-0.25, -0.2) is 4.98 Å². The normalized spacial score (nSPS) is 10.4. The Morgan fingerprint density at radius 2 is 2.17 bits per heavy atom. The van der Waals surface area contributed by atoms with Gasteiger partial charge in [0.15, 0.2) is 0 Å². The van der Waals surface area contributed by atoms with Crippen molar-refractivity contribution in [1.82, 2.24) is 9.97 Å². The quantitative estimate of drug-likeness (QED) is 0.947. The fraction of sp³-hybridized carbons (Fsp3) is 0.231. The summed E-state index contributed by atoms with van der Waals surface area (Å²) in [5, 5.41) is 0. The summed E-state index contributed by atoms with van der Waals surface area (Å²) < 4.78 is 0.939. The molecule has 0 fully saturated rings. The first-order valence-corrected chi connectivity index (χ1v) is 6.39. The largest absolute Gasteiger partial charge is 0.397 e. The van der Waals surface area contributed by atoms with Crippen molar-refractivity contribution in [2.24, 2.45) is 0 Å². The van der Waals surface area contributed by atoms with Crippen LogP contribution in [0.2, 0.25) is 0 Å². The Kier molecular flexibility index (Phi) is 3.81. The molecule has 0 spiro atoms. The zero-order valence-electron chi connectivity index (χ0n) is 10.4. The lowest BCUT2D eigenvalue weighted by molar-refractivity contribution is 0.886. The standard InChI is InChI=1S/C13H15BrN4/c1-9-11(15)7-17-13(12(9)14)18(2)8-10-4-3-5-16-6-10/h3-7H,8,15H2,1-2H3. The first-order valence-electron chi connectivity index (χ1n) is 5.60. The van der Waals surface area contributed by atoms with Crippen LogP contribution in [0, 0.1) is 6.92 Å². The molecule has 2 heterocycles. The monoisotopic (exact) mass is 306 g/mol. The van der Waals surface area contributed by atoms with Crippen LogP contribution in [0.5, 0.6) is 0 Å². The number of pyridine rings is 2. The van der Waals surface area contributed by atoms with Gasteiger partial charge in [-0.2, -0.15) is 0 Å². The summed E-state index contributed by atoms with van der Waals surface area (Å²) in [6.45, 7) is 2.73. The molecule has 94 valence electrons. The number of rotatable bonds is 3. The smallest absolute Gasteiger partial charge is 0.143 e. The molecule has 0 saturated heterocycles. The maximum atomic E-state index is 5.82. The maximum Gasteiger partial charge on any atom is 0.143 e. The van der Waals surface area contributed by atoms with E-state index in [0.29, 0.717) is 5.69 Å². The molecule has 0 amide bonds. The van der Waals surface area contributed by atoms with E-state index in [9.17, 15) is 0 Å². The van der Waals surface area contributed by atoms with Crippen LogP contribution in [0.3, 0.4) is 0 Å². The molecule has 5 heteroatoms. The molecule has 4 nitrogen and oxygen atoms in total. The molecule has 2 rings (SSSR count). The zero-order valence-corrected chi connectivity index (χ0v) is 12.0. The van der Waals surface area contributed by atoms with Gasteiger partial charge in [0.25, 0.3) is 0 Å². The highest BCUT2D eigenvalue weighted by atomic mass is 79.9. The van der Waals surface area contributed by atoms with Gasteiger partial charge in [-0.15, -0.1) is 0 Å². The minimum absolute atomic E-state index is 0.695. The van der Waals surface area contributed by atoms with Gasteiger partial charge in [0.1, 0.15) is 5.82 Å². The molecule has 0 aliphatic rings. The van der Waals surface area contributed by atoms with Gasteiger partial charge in [-0.3, -0.25) is 4.98 Å². The second-order valence-corrected chi connectivity index (χ2v) is 4.99. The molecular formula is C13H15BrN4. The number of aromatic nitrogens is 2. The summed E-state index contributed by atoms with van der Waals surface area (Å²) in [6.07, 6.45) is 5.31. The molecule has 0 aliphatic heterocycles. The second-order valence-electron chi connectivity index (χ2n) is 4.19. The maximum absolute atomic E-state index is 5.82. The zero-order chi connectivity index (χ0) is 13.1. The number of nitrogens with two attached hydrogens (primary N) is 1. The van der Waals surface area contributed by atoms with E-state index < -0.39 is 0 Å². The third-order valence-electron chi connectivity index (χ3n) is 2.79. The number of nitrogens with zero attached hydrogens (tertiary/aromatic N) is 3. The molecule has 0 atom stereocenters. The Balaban J connectivity index is 2.24. The van der Waals surface area contributed by atoms with Gasteiger partial charge in [0, 0.05) is 26.0 Å². The molecule has 0 unspecified atom stereocenters. The van der Waals surface area contributed by atoms with Crippen molar-refractivity contribution >= 4 is 27.4 Å². The van der Waals surface area contributed by atoms with Gasteiger partial charge in [0.2, 0.25) is 0 Å². The summed E-state index contributed by atoms with van der Waals surface area (Å²) in [5.41, 5.74) is 8.67. The first-order chi connectivity index (χ1) is 8.59. The number of hydrogen-bond acceptors (Lipinski definition) is 4. The van der Waals surface area contributed by atoms with Crippen molar-refractivity contribution < 1.29 is 0 Å². The minimum Gasteiger partial charge on any atom is -0.397 e. The van der Waals surface area contributed by atoms with Crippen LogP contribution in [-0.4, -0.2) is 17.0 Å². The van der Waals surface area contributed by atoms with Crippen LogP contribution in [-0.2, 0) is 6.54 Å². The number of nitrogen functional groups attached to an aromatic ring is 1. The van der Waals surface area contributed by atoms with Gasteiger partial charge in [0.05, 0.1) is 16.4 Å². The molecule has 0 bridgehead atoms.